The first-order chi connectivity index (χ1) is 4.72. The van der Waals surface area contributed by atoms with Crippen LogP contribution < -0.4 is 0 Å². The molecule has 0 aliphatic rings. The normalized spacial score (nSPS) is 9.90. The van der Waals surface area contributed by atoms with Gasteiger partial charge in [0.2, 0.25) is 0 Å². The van der Waals surface area contributed by atoms with E-state index in [2.05, 4.69) is 13.0 Å². The lowest BCUT2D eigenvalue weighted by Gasteiger charge is -1.98. The second-order valence-electron chi connectivity index (χ2n) is 2.36. The number of aryl methyl sites for hydroxylation is 2. The van der Waals surface area contributed by atoms with Gasteiger partial charge in [0.1, 0.15) is 0 Å². The van der Waals surface area contributed by atoms with Crippen LogP contribution >= 0.6 is 11.6 Å². The van der Waals surface area contributed by atoms with E-state index in [-0.39, 0.29) is 0 Å². The van der Waals surface area contributed by atoms with Gasteiger partial charge in [0.25, 0.3) is 0 Å². The van der Waals surface area contributed by atoms with Crippen molar-refractivity contribution in [3.05, 3.63) is 34.3 Å². The summed E-state index contributed by atoms with van der Waals surface area (Å²) in [6.45, 7) is 4.10. The Labute approximate surface area is 66.8 Å². The molecular weight excluding hydrogens is 144 g/mol. The predicted molar refractivity (Wildman–Crippen MR) is 44.4 cm³/mol. The van der Waals surface area contributed by atoms with Crippen LogP contribution in [0.3, 0.4) is 0 Å². The van der Waals surface area contributed by atoms with Gasteiger partial charge in [0, 0.05) is 5.02 Å². The Kier molecular flexibility index (Phi) is 2.34. The summed E-state index contributed by atoms with van der Waals surface area (Å²) in [6.07, 6.45) is 1.00. The number of benzene rings is 1. The molecule has 0 aliphatic heterocycles. The molecule has 0 spiro atoms. The van der Waals surface area contributed by atoms with Gasteiger partial charge < -0.3 is 0 Å². The Balaban J connectivity index is 3.06. The monoisotopic (exact) mass is 153 g/mol. The average molecular weight is 154 g/mol. The van der Waals surface area contributed by atoms with E-state index in [0.717, 1.165) is 17.0 Å². The number of halogens is 1. The molecule has 0 atom stereocenters. The zero-order chi connectivity index (χ0) is 7.56. The summed E-state index contributed by atoms with van der Waals surface area (Å²) in [7, 11) is 0. The van der Waals surface area contributed by atoms with E-state index < -0.39 is 0 Å². The maximum atomic E-state index is 5.81. The van der Waals surface area contributed by atoms with Gasteiger partial charge in [0.15, 0.2) is 0 Å². The van der Waals surface area contributed by atoms with E-state index in [1.165, 1.54) is 5.56 Å². The number of rotatable bonds is 1. The second-order valence-corrected chi connectivity index (χ2v) is 2.80. The Bertz CT molecular complexity index is 208. The van der Waals surface area contributed by atoms with Crippen LogP contribution in [0.4, 0.5) is 0 Å². The molecule has 0 N–H and O–H groups in total. The number of hydrogen-bond acceptors (Lipinski definition) is 0. The molecule has 1 radical (unpaired) electrons. The Morgan fingerprint density at radius 1 is 1.50 bits per heavy atom. The predicted octanol–water partition coefficient (Wildman–Crippen LogP) is 3.01. The molecule has 0 bridgehead atoms. The summed E-state index contributed by atoms with van der Waals surface area (Å²) >= 11 is 5.81. The highest BCUT2D eigenvalue weighted by Gasteiger charge is 1.93. The lowest BCUT2D eigenvalue weighted by molar-refractivity contribution is 1.13. The van der Waals surface area contributed by atoms with Crippen LogP contribution in [0.5, 0.6) is 0 Å². The van der Waals surface area contributed by atoms with Gasteiger partial charge in [-0.05, 0) is 42.7 Å². The molecule has 10 heavy (non-hydrogen) atoms. The van der Waals surface area contributed by atoms with E-state index in [4.69, 9.17) is 11.6 Å². The van der Waals surface area contributed by atoms with Crippen LogP contribution in [0.15, 0.2) is 12.1 Å². The molecule has 0 saturated carbocycles. The fourth-order valence-electron chi connectivity index (χ4n) is 0.931. The molecule has 0 saturated heterocycles. The molecule has 0 fully saturated rings. The van der Waals surface area contributed by atoms with Gasteiger partial charge in [-0.25, -0.2) is 0 Å². The highest BCUT2D eigenvalue weighted by molar-refractivity contribution is 6.30. The zero-order valence-corrected chi connectivity index (χ0v) is 7.00. The Morgan fingerprint density at radius 2 is 2.20 bits per heavy atom. The summed E-state index contributed by atoms with van der Waals surface area (Å²) in [5.74, 6) is 0. The zero-order valence-electron chi connectivity index (χ0n) is 6.24. The minimum absolute atomic E-state index is 0.813. The molecular formula is C9H10Cl. The molecule has 1 rings (SSSR count). The molecule has 1 heteroatoms. The quantitative estimate of drug-likeness (QED) is 0.582. The first kappa shape index (κ1) is 7.62. The number of hydrogen-bond donors (Lipinski definition) is 0. The molecule has 0 aliphatic carbocycles. The fraction of sp³-hybridized carbons (Fsp3) is 0.333. The van der Waals surface area contributed by atoms with Crippen molar-refractivity contribution < 1.29 is 0 Å². The Hall–Kier alpha value is -0.490. The molecule has 0 aromatic heterocycles. The van der Waals surface area contributed by atoms with Crippen LogP contribution in [0.1, 0.15) is 18.1 Å². The first-order valence-electron chi connectivity index (χ1n) is 3.40. The third-order valence-corrected chi connectivity index (χ3v) is 1.62. The molecule has 0 nitrogen and oxygen atoms in total. The SMILES string of the molecule is CCc1[c]c(C)cc(Cl)c1. The van der Waals surface area contributed by atoms with Gasteiger partial charge in [-0.2, -0.15) is 0 Å². The molecule has 53 valence electrons. The Morgan fingerprint density at radius 3 is 2.70 bits per heavy atom. The van der Waals surface area contributed by atoms with Crippen molar-refractivity contribution in [1.82, 2.24) is 0 Å². The fourth-order valence-corrected chi connectivity index (χ4v) is 1.23. The highest BCUT2D eigenvalue weighted by Crippen LogP contribution is 2.13. The van der Waals surface area contributed by atoms with Crippen LogP contribution in [0.25, 0.3) is 0 Å². The van der Waals surface area contributed by atoms with Gasteiger partial charge in [-0.1, -0.05) is 18.5 Å². The van der Waals surface area contributed by atoms with E-state index in [1.807, 2.05) is 19.1 Å². The maximum Gasteiger partial charge on any atom is 0.0411 e. The largest absolute Gasteiger partial charge is 0.0843 e. The minimum Gasteiger partial charge on any atom is -0.0843 e. The third kappa shape index (κ3) is 1.74. The van der Waals surface area contributed by atoms with Gasteiger partial charge in [-0.15, -0.1) is 0 Å². The van der Waals surface area contributed by atoms with Gasteiger partial charge in [-0.3, -0.25) is 0 Å². The van der Waals surface area contributed by atoms with Crippen molar-refractivity contribution in [3.63, 3.8) is 0 Å². The third-order valence-electron chi connectivity index (χ3n) is 1.41. The van der Waals surface area contributed by atoms with E-state index >= 15 is 0 Å². The van der Waals surface area contributed by atoms with Crippen molar-refractivity contribution >= 4 is 11.6 Å². The van der Waals surface area contributed by atoms with Crippen molar-refractivity contribution in [1.29, 1.82) is 0 Å². The maximum absolute atomic E-state index is 5.81. The lowest BCUT2D eigenvalue weighted by Crippen LogP contribution is -1.81. The van der Waals surface area contributed by atoms with Crippen LogP contribution in [0.2, 0.25) is 5.02 Å². The molecule has 0 heterocycles. The van der Waals surface area contributed by atoms with Crippen molar-refractivity contribution in [2.75, 3.05) is 0 Å². The van der Waals surface area contributed by atoms with Gasteiger partial charge >= 0.3 is 0 Å². The standard InChI is InChI=1S/C9H10Cl/c1-3-8-4-7(2)5-9(10)6-8/h5-6H,3H2,1-2H3. The molecule has 0 unspecified atom stereocenters. The summed E-state index contributed by atoms with van der Waals surface area (Å²) in [5, 5.41) is 0.813. The molecule has 1 aromatic carbocycles. The molecule has 1 aromatic rings. The van der Waals surface area contributed by atoms with Crippen LogP contribution in [-0.2, 0) is 6.42 Å². The summed E-state index contributed by atoms with van der Waals surface area (Å²) in [4.78, 5) is 0. The topological polar surface area (TPSA) is 0 Å². The second kappa shape index (κ2) is 3.07. The van der Waals surface area contributed by atoms with Crippen LogP contribution in [-0.4, -0.2) is 0 Å². The summed E-state index contributed by atoms with van der Waals surface area (Å²) < 4.78 is 0. The average Bonchev–Trinajstić information content (AvgIpc) is 1.85. The summed E-state index contributed by atoms with van der Waals surface area (Å²) in [6, 6.07) is 7.08. The van der Waals surface area contributed by atoms with Crippen LogP contribution in [0, 0.1) is 13.0 Å². The van der Waals surface area contributed by atoms with Crippen molar-refractivity contribution in [2.45, 2.75) is 20.3 Å². The minimum atomic E-state index is 0.813. The van der Waals surface area contributed by atoms with E-state index in [1.54, 1.807) is 0 Å². The lowest BCUT2D eigenvalue weighted by atomic mass is 10.1. The van der Waals surface area contributed by atoms with Crippen molar-refractivity contribution in [3.8, 4) is 0 Å². The van der Waals surface area contributed by atoms with E-state index in [0.29, 0.717) is 0 Å². The van der Waals surface area contributed by atoms with Crippen molar-refractivity contribution in [2.24, 2.45) is 0 Å². The smallest absolute Gasteiger partial charge is 0.0411 e. The highest BCUT2D eigenvalue weighted by atomic mass is 35.5. The first-order valence-corrected chi connectivity index (χ1v) is 3.78. The molecule has 0 amide bonds. The summed E-state index contributed by atoms with van der Waals surface area (Å²) in [5.41, 5.74) is 2.30. The van der Waals surface area contributed by atoms with Gasteiger partial charge in [0.05, 0.1) is 0 Å². The van der Waals surface area contributed by atoms with E-state index in [9.17, 15) is 0 Å².